The molecule has 33 heavy (non-hydrogen) atoms. The van der Waals surface area contributed by atoms with E-state index in [2.05, 4.69) is 10.5 Å². The van der Waals surface area contributed by atoms with E-state index in [1.165, 1.54) is 19.2 Å². The van der Waals surface area contributed by atoms with E-state index in [-0.39, 0.29) is 17.2 Å². The molecule has 0 saturated carbocycles. The number of aromatic hydroxyl groups is 1. The first kappa shape index (κ1) is 22.1. The van der Waals surface area contributed by atoms with E-state index in [0.717, 1.165) is 28.1 Å². The minimum absolute atomic E-state index is 0.0576. The number of hydrogen-bond acceptors (Lipinski definition) is 5. The van der Waals surface area contributed by atoms with Gasteiger partial charge in [0, 0.05) is 11.8 Å². The number of amides is 2. The second kappa shape index (κ2) is 8.78. The first-order valence-electron chi connectivity index (χ1n) is 10.5. The number of anilines is 2. The van der Waals surface area contributed by atoms with Crippen molar-refractivity contribution in [2.45, 2.75) is 26.7 Å². The lowest BCUT2D eigenvalue weighted by Crippen LogP contribution is -2.29. The van der Waals surface area contributed by atoms with Crippen molar-refractivity contribution in [3.63, 3.8) is 0 Å². The number of fused-ring (bicyclic) bond motifs is 1. The number of phenols is 1. The molecule has 1 unspecified atom stereocenters. The van der Waals surface area contributed by atoms with E-state index in [0.29, 0.717) is 11.5 Å². The fraction of sp³-hybridized carbons (Fsp3) is 0.192. The van der Waals surface area contributed by atoms with Gasteiger partial charge in [0.1, 0.15) is 17.4 Å². The highest BCUT2D eigenvalue weighted by Gasteiger charge is 2.39. The van der Waals surface area contributed by atoms with Crippen LogP contribution < -0.4 is 15.1 Å². The summed E-state index contributed by atoms with van der Waals surface area (Å²) in [7, 11) is 1.47. The van der Waals surface area contributed by atoms with Crippen molar-refractivity contribution in [1.82, 2.24) is 5.43 Å². The maximum atomic E-state index is 13.5. The Balaban J connectivity index is 1.63. The second-order valence-corrected chi connectivity index (χ2v) is 8.01. The molecule has 0 fully saturated rings. The lowest BCUT2D eigenvalue weighted by molar-refractivity contribution is -0.117. The average molecular weight is 444 g/mol. The number of ether oxygens (including phenoxy) is 1. The minimum Gasteiger partial charge on any atom is -0.507 e. The number of carbonyl (C=O) groups is 2. The number of hydrazone groups is 1. The van der Waals surface area contributed by atoms with Crippen molar-refractivity contribution in [2.24, 2.45) is 5.10 Å². The Kier molecular flexibility index (Phi) is 5.87. The molecule has 1 aliphatic heterocycles. The molecule has 168 valence electrons. The first-order chi connectivity index (χ1) is 15.8. The molecule has 3 aromatic rings. The molecule has 2 amide bonds. The van der Waals surface area contributed by atoms with E-state index < -0.39 is 11.8 Å². The summed E-state index contributed by atoms with van der Waals surface area (Å²) in [5, 5.41) is 14.3. The number of hydrogen-bond donors (Lipinski definition) is 2. The Bertz CT molecular complexity index is 1280. The molecule has 7 heteroatoms. The molecular weight excluding hydrogens is 418 g/mol. The average Bonchev–Trinajstić information content (AvgIpc) is 3.10. The number of rotatable bonds is 5. The Morgan fingerprint density at radius 2 is 1.82 bits per heavy atom. The Labute approximate surface area is 192 Å². The zero-order valence-electron chi connectivity index (χ0n) is 18.9. The Morgan fingerprint density at radius 3 is 2.52 bits per heavy atom. The summed E-state index contributed by atoms with van der Waals surface area (Å²) in [4.78, 5) is 27.8. The second-order valence-electron chi connectivity index (χ2n) is 8.01. The van der Waals surface area contributed by atoms with Gasteiger partial charge in [0.05, 0.1) is 24.1 Å². The van der Waals surface area contributed by atoms with Crippen molar-refractivity contribution >= 4 is 28.9 Å². The van der Waals surface area contributed by atoms with Gasteiger partial charge in [-0.1, -0.05) is 24.3 Å². The molecule has 0 saturated heterocycles. The van der Waals surface area contributed by atoms with Crippen LogP contribution in [0.25, 0.3) is 0 Å². The van der Waals surface area contributed by atoms with Crippen molar-refractivity contribution in [3.05, 3.63) is 82.9 Å². The van der Waals surface area contributed by atoms with Crippen LogP contribution in [0, 0.1) is 13.8 Å². The van der Waals surface area contributed by atoms with E-state index in [1.807, 2.05) is 56.3 Å². The number of benzene rings is 3. The SMILES string of the molecule is COc1ccc(C(=O)NN=C(C)C2C(=O)N(c3ccc(C)c(C)c3)c3ccccc32)c(O)c1. The van der Waals surface area contributed by atoms with E-state index >= 15 is 0 Å². The molecule has 0 radical (unpaired) electrons. The zero-order chi connectivity index (χ0) is 23.7. The third-order valence-electron chi connectivity index (χ3n) is 5.91. The highest BCUT2D eigenvalue weighted by Crippen LogP contribution is 2.42. The molecule has 4 rings (SSSR count). The maximum absolute atomic E-state index is 13.5. The van der Waals surface area contributed by atoms with Crippen molar-refractivity contribution in [2.75, 3.05) is 12.0 Å². The van der Waals surface area contributed by atoms with Crippen molar-refractivity contribution in [1.29, 1.82) is 0 Å². The predicted octanol–water partition coefficient (Wildman–Crippen LogP) is 4.59. The number of carbonyl (C=O) groups excluding carboxylic acids is 2. The fourth-order valence-electron chi connectivity index (χ4n) is 3.95. The lowest BCUT2D eigenvalue weighted by Gasteiger charge is -2.19. The molecule has 0 spiro atoms. The van der Waals surface area contributed by atoms with Crippen LogP contribution in [0.2, 0.25) is 0 Å². The topological polar surface area (TPSA) is 91.2 Å². The minimum atomic E-state index is -0.632. The highest BCUT2D eigenvalue weighted by molar-refractivity contribution is 6.21. The maximum Gasteiger partial charge on any atom is 0.275 e. The molecule has 0 aliphatic carbocycles. The fourth-order valence-corrected chi connectivity index (χ4v) is 3.95. The van der Waals surface area contributed by atoms with Crippen LogP contribution in [0.1, 0.15) is 39.9 Å². The Hall–Kier alpha value is -4.13. The molecular formula is C26H25N3O4. The standard InChI is InChI=1S/C26H25N3O4/c1-15-9-10-18(13-16(15)2)29-22-8-6-5-7-20(22)24(26(29)32)17(3)27-28-25(31)21-12-11-19(33-4)14-23(21)30/h5-14,24,30H,1-4H3,(H,28,31). The predicted molar refractivity (Wildman–Crippen MR) is 127 cm³/mol. The molecule has 2 N–H and O–H groups in total. The molecule has 1 atom stereocenters. The Morgan fingerprint density at radius 1 is 1.06 bits per heavy atom. The number of nitrogens with zero attached hydrogens (tertiary/aromatic N) is 2. The summed E-state index contributed by atoms with van der Waals surface area (Å²) in [5.41, 5.74) is 7.61. The van der Waals surface area contributed by atoms with Crippen LogP contribution in [0.5, 0.6) is 11.5 Å². The third-order valence-corrected chi connectivity index (χ3v) is 5.91. The summed E-state index contributed by atoms with van der Waals surface area (Å²) in [6.45, 7) is 5.75. The largest absolute Gasteiger partial charge is 0.507 e. The molecule has 0 bridgehead atoms. The highest BCUT2D eigenvalue weighted by atomic mass is 16.5. The van der Waals surface area contributed by atoms with E-state index in [4.69, 9.17) is 4.74 Å². The van der Waals surface area contributed by atoms with Crippen molar-refractivity contribution < 1.29 is 19.4 Å². The van der Waals surface area contributed by atoms with Crippen molar-refractivity contribution in [3.8, 4) is 11.5 Å². The van der Waals surface area contributed by atoms with Crippen LogP contribution in [-0.2, 0) is 4.79 Å². The summed E-state index contributed by atoms with van der Waals surface area (Å²) >= 11 is 0. The van der Waals surface area contributed by atoms with Gasteiger partial charge in [-0.15, -0.1) is 0 Å². The summed E-state index contributed by atoms with van der Waals surface area (Å²) in [6.07, 6.45) is 0. The van der Waals surface area contributed by atoms with Gasteiger partial charge in [-0.05, 0) is 67.8 Å². The zero-order valence-corrected chi connectivity index (χ0v) is 18.9. The molecule has 7 nitrogen and oxygen atoms in total. The van der Waals surface area contributed by atoms with Gasteiger partial charge in [0.25, 0.3) is 5.91 Å². The summed E-state index contributed by atoms with van der Waals surface area (Å²) < 4.78 is 5.04. The first-order valence-corrected chi connectivity index (χ1v) is 10.5. The van der Waals surface area contributed by atoms with Crippen LogP contribution in [0.4, 0.5) is 11.4 Å². The monoisotopic (exact) mass is 443 g/mol. The van der Waals surface area contributed by atoms with Crippen LogP contribution in [0.3, 0.4) is 0 Å². The molecule has 0 aromatic heterocycles. The van der Waals surface area contributed by atoms with Gasteiger partial charge in [-0.2, -0.15) is 5.10 Å². The molecule has 1 aliphatic rings. The van der Waals surface area contributed by atoms with E-state index in [9.17, 15) is 14.7 Å². The van der Waals surface area contributed by atoms with Gasteiger partial charge in [0.15, 0.2) is 0 Å². The number of nitrogens with one attached hydrogen (secondary N) is 1. The van der Waals surface area contributed by atoms with Gasteiger partial charge < -0.3 is 9.84 Å². The number of aryl methyl sites for hydroxylation is 2. The number of phenolic OH excluding ortho intramolecular Hbond substituents is 1. The lowest BCUT2D eigenvalue weighted by atomic mass is 9.96. The van der Waals surface area contributed by atoms with Crippen LogP contribution >= 0.6 is 0 Å². The van der Waals surface area contributed by atoms with Gasteiger partial charge in [-0.25, -0.2) is 5.43 Å². The third kappa shape index (κ3) is 4.05. The van der Waals surface area contributed by atoms with Gasteiger partial charge in [0.2, 0.25) is 5.91 Å². The molecule has 1 heterocycles. The summed E-state index contributed by atoms with van der Waals surface area (Å²) in [6, 6.07) is 17.9. The summed E-state index contributed by atoms with van der Waals surface area (Å²) in [5.74, 6) is -1.14. The number of para-hydroxylation sites is 1. The molecule has 3 aromatic carbocycles. The number of methoxy groups -OCH3 is 1. The van der Waals surface area contributed by atoms with Gasteiger partial charge >= 0.3 is 0 Å². The van der Waals surface area contributed by atoms with Crippen LogP contribution in [-0.4, -0.2) is 29.7 Å². The van der Waals surface area contributed by atoms with E-state index in [1.54, 1.807) is 17.9 Å². The normalized spacial score (nSPS) is 15.4. The van der Waals surface area contributed by atoms with Gasteiger partial charge in [-0.3, -0.25) is 14.5 Å². The van der Waals surface area contributed by atoms with Crippen LogP contribution in [0.15, 0.2) is 65.8 Å². The smallest absolute Gasteiger partial charge is 0.275 e. The quantitative estimate of drug-likeness (QED) is 0.446.